The average Bonchev–Trinajstić information content (AvgIpc) is 2.76. The second-order valence-electron chi connectivity index (χ2n) is 5.62. The molecule has 1 aliphatic rings. The van der Waals surface area contributed by atoms with Crippen LogP contribution < -0.4 is 0 Å². The molecule has 2 aromatic heterocycles. The van der Waals surface area contributed by atoms with Gasteiger partial charge in [-0.2, -0.15) is 0 Å². The molecule has 3 heterocycles. The zero-order valence-corrected chi connectivity index (χ0v) is 12.4. The maximum Gasteiger partial charge on any atom is 0.115 e. The van der Waals surface area contributed by atoms with E-state index in [1.165, 1.54) is 11.3 Å². The highest BCUT2D eigenvalue weighted by molar-refractivity contribution is 5.04. The molecule has 2 aromatic rings. The molecule has 21 heavy (non-hydrogen) atoms. The third kappa shape index (κ3) is 3.86. The van der Waals surface area contributed by atoms with Gasteiger partial charge in [-0.15, -0.1) is 0 Å². The Bertz CT molecular complexity index is 556. The molecule has 6 heteroatoms. The topological polar surface area (TPSA) is 56.1 Å². The van der Waals surface area contributed by atoms with Gasteiger partial charge in [-0.05, 0) is 17.9 Å². The van der Waals surface area contributed by atoms with Crippen molar-refractivity contribution in [1.29, 1.82) is 0 Å². The third-order valence-corrected chi connectivity index (χ3v) is 3.86. The number of aryl methyl sites for hydroxylation is 1. The summed E-state index contributed by atoms with van der Waals surface area (Å²) in [7, 11) is 2.04. The van der Waals surface area contributed by atoms with Gasteiger partial charge in [0.15, 0.2) is 0 Å². The van der Waals surface area contributed by atoms with E-state index in [9.17, 15) is 0 Å². The zero-order valence-electron chi connectivity index (χ0n) is 12.4. The first-order chi connectivity index (χ1) is 10.3. The molecule has 0 spiro atoms. The lowest BCUT2D eigenvalue weighted by Crippen LogP contribution is -2.31. The van der Waals surface area contributed by atoms with Crippen LogP contribution in [0.4, 0.5) is 0 Å². The van der Waals surface area contributed by atoms with Crippen LogP contribution in [0.2, 0.25) is 0 Å². The molecule has 0 N–H and O–H groups in total. The van der Waals surface area contributed by atoms with Gasteiger partial charge in [-0.3, -0.25) is 4.90 Å². The van der Waals surface area contributed by atoms with Crippen molar-refractivity contribution in [2.24, 2.45) is 13.0 Å². The minimum atomic E-state index is 0.478. The van der Waals surface area contributed by atoms with Gasteiger partial charge in [-0.1, -0.05) is 0 Å². The Balaban J connectivity index is 1.62. The summed E-state index contributed by atoms with van der Waals surface area (Å²) >= 11 is 0. The predicted octanol–water partition coefficient (Wildman–Crippen LogP) is 0.901. The summed E-state index contributed by atoms with van der Waals surface area (Å²) in [6, 6.07) is 0. The van der Waals surface area contributed by atoms with Crippen LogP contribution in [0.3, 0.4) is 0 Å². The fourth-order valence-electron chi connectivity index (χ4n) is 2.75. The number of aromatic nitrogens is 4. The van der Waals surface area contributed by atoms with E-state index >= 15 is 0 Å². The van der Waals surface area contributed by atoms with Crippen molar-refractivity contribution in [3.05, 3.63) is 42.5 Å². The number of nitrogens with zero attached hydrogens (tertiary/aromatic N) is 5. The van der Waals surface area contributed by atoms with E-state index in [0.29, 0.717) is 5.92 Å². The van der Waals surface area contributed by atoms with E-state index < -0.39 is 0 Å². The third-order valence-electron chi connectivity index (χ3n) is 3.86. The van der Waals surface area contributed by atoms with Crippen LogP contribution in [0.25, 0.3) is 0 Å². The molecule has 0 radical (unpaired) electrons. The molecule has 3 rings (SSSR count). The van der Waals surface area contributed by atoms with Gasteiger partial charge in [-0.25, -0.2) is 15.0 Å². The van der Waals surface area contributed by atoms with E-state index in [0.717, 1.165) is 39.3 Å². The Morgan fingerprint density at radius 1 is 1.24 bits per heavy atom. The summed E-state index contributed by atoms with van der Waals surface area (Å²) < 4.78 is 7.83. The number of hydrogen-bond acceptors (Lipinski definition) is 5. The molecule has 112 valence electrons. The fourth-order valence-corrected chi connectivity index (χ4v) is 2.75. The minimum Gasteiger partial charge on any atom is -0.380 e. The SMILES string of the molecule is Cn1cncc1CN1CCOC[C@H](Cc2cncnc2)C1. The van der Waals surface area contributed by atoms with Crippen molar-refractivity contribution < 1.29 is 4.74 Å². The van der Waals surface area contributed by atoms with Crippen molar-refractivity contribution in [2.75, 3.05) is 26.3 Å². The number of hydrogen-bond donors (Lipinski definition) is 0. The van der Waals surface area contributed by atoms with Crippen LogP contribution in [0.5, 0.6) is 0 Å². The highest BCUT2D eigenvalue weighted by atomic mass is 16.5. The molecular formula is C15H21N5O. The Morgan fingerprint density at radius 3 is 2.86 bits per heavy atom. The smallest absolute Gasteiger partial charge is 0.115 e. The highest BCUT2D eigenvalue weighted by Gasteiger charge is 2.20. The van der Waals surface area contributed by atoms with Crippen LogP contribution >= 0.6 is 0 Å². The molecule has 1 atom stereocenters. The van der Waals surface area contributed by atoms with Crippen molar-refractivity contribution in [1.82, 2.24) is 24.4 Å². The molecule has 0 bridgehead atoms. The van der Waals surface area contributed by atoms with Gasteiger partial charge in [0.25, 0.3) is 0 Å². The van der Waals surface area contributed by atoms with Gasteiger partial charge < -0.3 is 9.30 Å². The van der Waals surface area contributed by atoms with Crippen LogP contribution in [-0.4, -0.2) is 50.7 Å². The van der Waals surface area contributed by atoms with Crippen molar-refractivity contribution in [2.45, 2.75) is 13.0 Å². The Morgan fingerprint density at radius 2 is 2.10 bits per heavy atom. The van der Waals surface area contributed by atoms with Crippen molar-refractivity contribution in [3.8, 4) is 0 Å². The Hall–Kier alpha value is -1.79. The van der Waals surface area contributed by atoms with Crippen LogP contribution in [0, 0.1) is 5.92 Å². The molecule has 6 nitrogen and oxygen atoms in total. The molecular weight excluding hydrogens is 266 g/mol. The highest BCUT2D eigenvalue weighted by Crippen LogP contribution is 2.15. The van der Waals surface area contributed by atoms with Crippen LogP contribution in [-0.2, 0) is 24.8 Å². The van der Waals surface area contributed by atoms with E-state index in [2.05, 4.69) is 24.4 Å². The summed E-state index contributed by atoms with van der Waals surface area (Å²) in [5.74, 6) is 0.478. The Kier molecular flexibility index (Phi) is 4.57. The summed E-state index contributed by atoms with van der Waals surface area (Å²) in [5, 5.41) is 0. The Labute approximate surface area is 124 Å². The molecule has 0 amide bonds. The van der Waals surface area contributed by atoms with E-state index in [1.54, 1.807) is 6.33 Å². The fraction of sp³-hybridized carbons (Fsp3) is 0.533. The van der Waals surface area contributed by atoms with Gasteiger partial charge in [0.1, 0.15) is 6.33 Å². The van der Waals surface area contributed by atoms with Gasteiger partial charge in [0.2, 0.25) is 0 Å². The second-order valence-corrected chi connectivity index (χ2v) is 5.62. The molecule has 1 fully saturated rings. The number of imidazole rings is 1. The number of ether oxygens (including phenoxy) is 1. The first kappa shape index (κ1) is 14.2. The maximum atomic E-state index is 5.75. The van der Waals surface area contributed by atoms with E-state index in [1.807, 2.05) is 32.0 Å². The monoisotopic (exact) mass is 287 g/mol. The van der Waals surface area contributed by atoms with E-state index in [4.69, 9.17) is 4.74 Å². The van der Waals surface area contributed by atoms with Gasteiger partial charge in [0, 0.05) is 45.3 Å². The maximum absolute atomic E-state index is 5.75. The zero-order chi connectivity index (χ0) is 14.5. The van der Waals surface area contributed by atoms with Gasteiger partial charge >= 0.3 is 0 Å². The van der Waals surface area contributed by atoms with Crippen LogP contribution in [0.15, 0.2) is 31.2 Å². The molecule has 1 saturated heterocycles. The molecule has 0 aromatic carbocycles. The summed E-state index contributed by atoms with van der Waals surface area (Å²) in [6.07, 6.45) is 10.1. The molecule has 0 unspecified atom stereocenters. The first-order valence-electron chi connectivity index (χ1n) is 7.30. The van der Waals surface area contributed by atoms with E-state index in [-0.39, 0.29) is 0 Å². The number of rotatable bonds is 4. The summed E-state index contributed by atoms with van der Waals surface area (Å²) in [5.41, 5.74) is 2.41. The van der Waals surface area contributed by atoms with Gasteiger partial charge in [0.05, 0.1) is 25.2 Å². The largest absolute Gasteiger partial charge is 0.380 e. The predicted molar refractivity (Wildman–Crippen MR) is 78.5 cm³/mol. The quantitative estimate of drug-likeness (QED) is 0.836. The van der Waals surface area contributed by atoms with Crippen molar-refractivity contribution >= 4 is 0 Å². The molecule has 0 saturated carbocycles. The summed E-state index contributed by atoms with van der Waals surface area (Å²) in [4.78, 5) is 14.8. The normalized spacial score (nSPS) is 20.3. The first-order valence-corrected chi connectivity index (χ1v) is 7.30. The lowest BCUT2D eigenvalue weighted by Gasteiger charge is -2.23. The average molecular weight is 287 g/mol. The molecule has 1 aliphatic heterocycles. The molecule has 0 aliphatic carbocycles. The van der Waals surface area contributed by atoms with Crippen LogP contribution in [0.1, 0.15) is 11.3 Å². The summed E-state index contributed by atoms with van der Waals surface area (Å²) in [6.45, 7) is 4.51. The standard InChI is InChI=1S/C15H21N5O/c1-19-12-18-7-15(19)9-20-2-3-21-10-14(8-20)4-13-5-16-11-17-6-13/h5-7,11-12,14H,2-4,8-10H2,1H3/t14-/m1/s1. The second kappa shape index (κ2) is 6.78. The lowest BCUT2D eigenvalue weighted by atomic mass is 10.0. The lowest BCUT2D eigenvalue weighted by molar-refractivity contribution is 0.121. The van der Waals surface area contributed by atoms with Crippen molar-refractivity contribution in [3.63, 3.8) is 0 Å². The minimum absolute atomic E-state index is 0.478.